The van der Waals surface area contributed by atoms with E-state index in [1.54, 1.807) is 23.0 Å². The van der Waals surface area contributed by atoms with Crippen LogP contribution in [0.25, 0.3) is 16.6 Å². The van der Waals surface area contributed by atoms with Crippen molar-refractivity contribution < 1.29 is 5.11 Å². The molecule has 2 aliphatic rings. The lowest BCUT2D eigenvalue weighted by Gasteiger charge is -2.32. The minimum Gasteiger partial charge on any atom is -0.506 e. The number of piperidine rings is 1. The molecule has 10 nitrogen and oxygen atoms in total. The van der Waals surface area contributed by atoms with Crippen LogP contribution in [0.1, 0.15) is 43.5 Å². The Bertz CT molecular complexity index is 1350. The number of hydrogen-bond donors (Lipinski definition) is 1. The molecule has 1 aliphatic carbocycles. The van der Waals surface area contributed by atoms with Gasteiger partial charge in [-0.1, -0.05) is 6.07 Å². The predicted molar refractivity (Wildman–Crippen MR) is 126 cm³/mol. The second-order valence-electron chi connectivity index (χ2n) is 9.19. The molecule has 3 aromatic heterocycles. The Balaban J connectivity index is 1.38. The van der Waals surface area contributed by atoms with E-state index < -0.39 is 0 Å². The number of rotatable bonds is 5. The molecule has 2 fully saturated rings. The molecule has 0 unspecified atom stereocenters. The van der Waals surface area contributed by atoms with Crippen LogP contribution in [0, 0.1) is 0 Å². The van der Waals surface area contributed by atoms with E-state index in [0.717, 1.165) is 37.1 Å². The summed E-state index contributed by atoms with van der Waals surface area (Å²) in [6.07, 6.45) is 10.4. The molecule has 6 rings (SSSR count). The van der Waals surface area contributed by atoms with Gasteiger partial charge in [0.25, 0.3) is 5.95 Å². The highest BCUT2D eigenvalue weighted by Gasteiger charge is 2.29. The van der Waals surface area contributed by atoms with Gasteiger partial charge in [-0.2, -0.15) is 9.61 Å². The van der Waals surface area contributed by atoms with Crippen LogP contribution in [0.4, 0.5) is 11.6 Å². The maximum Gasteiger partial charge on any atom is 0.254 e. The van der Waals surface area contributed by atoms with E-state index in [1.807, 2.05) is 31.3 Å². The summed E-state index contributed by atoms with van der Waals surface area (Å²) in [6, 6.07) is 5.92. The van der Waals surface area contributed by atoms with Gasteiger partial charge in [-0.25, -0.2) is 15.0 Å². The zero-order valence-corrected chi connectivity index (χ0v) is 18.8. The van der Waals surface area contributed by atoms with E-state index in [-0.39, 0.29) is 11.7 Å². The summed E-state index contributed by atoms with van der Waals surface area (Å²) in [7, 11) is 3.79. The average Bonchev–Trinajstić information content (AvgIpc) is 3.37. The number of phenolic OH excluding ortho intramolecular Hbond substituents is 1. The summed E-state index contributed by atoms with van der Waals surface area (Å²) in [5.74, 6) is 1.48. The highest BCUT2D eigenvalue weighted by atomic mass is 16.3. The van der Waals surface area contributed by atoms with Crippen molar-refractivity contribution in [2.45, 2.75) is 37.6 Å². The molecule has 0 radical (unpaired) electrons. The maximum atomic E-state index is 10.4. The van der Waals surface area contributed by atoms with Gasteiger partial charge in [-0.05, 0) is 37.8 Å². The molecule has 1 saturated heterocycles. The molecule has 1 atom stereocenters. The number of phenols is 1. The van der Waals surface area contributed by atoms with E-state index in [1.165, 1.54) is 18.5 Å². The topological polar surface area (TPSA) is 100.0 Å². The molecule has 1 saturated carbocycles. The maximum absolute atomic E-state index is 10.4. The van der Waals surface area contributed by atoms with Crippen LogP contribution in [0.5, 0.6) is 5.75 Å². The first-order chi connectivity index (χ1) is 16.1. The minimum atomic E-state index is 0.109. The summed E-state index contributed by atoms with van der Waals surface area (Å²) >= 11 is 0. The molecule has 10 heteroatoms. The Labute approximate surface area is 191 Å². The third-order valence-corrected chi connectivity index (χ3v) is 6.35. The number of fused-ring (bicyclic) bond motifs is 3. The fraction of sp³-hybridized carbons (Fsp3) is 0.435. The van der Waals surface area contributed by atoms with E-state index in [9.17, 15) is 5.11 Å². The first-order valence-electron chi connectivity index (χ1n) is 11.4. The largest absolute Gasteiger partial charge is 0.506 e. The molecule has 33 heavy (non-hydrogen) atoms. The van der Waals surface area contributed by atoms with E-state index >= 15 is 0 Å². The van der Waals surface area contributed by atoms with Gasteiger partial charge in [0.05, 0.1) is 24.3 Å². The number of aromatic nitrogens is 6. The number of aliphatic imine (C=N–C) groups is 1. The van der Waals surface area contributed by atoms with E-state index in [2.05, 4.69) is 30.9 Å². The molecule has 0 spiro atoms. The number of benzene rings is 1. The molecule has 0 bridgehead atoms. The van der Waals surface area contributed by atoms with Crippen LogP contribution >= 0.6 is 0 Å². The number of para-hydroxylation sites is 1. The van der Waals surface area contributed by atoms with Crippen molar-refractivity contribution >= 4 is 34.5 Å². The smallest absolute Gasteiger partial charge is 0.254 e. The standard InChI is InChI=1S/C23H27N9O/c1-29(2)14-24-23-26-20-18(6-3-7-19(20)33)22-27-21(28-32(22)23)15-5-4-10-30(12-15)17-11-25-31(13-17)16-8-9-16/h3,6-7,11,13-16,33H,4-5,8-10,12H2,1-2H3/b24-14+/t15-/m1/s1. The fourth-order valence-corrected chi connectivity index (χ4v) is 4.49. The Morgan fingerprint density at radius 2 is 2.06 bits per heavy atom. The van der Waals surface area contributed by atoms with Crippen molar-refractivity contribution in [2.24, 2.45) is 4.99 Å². The molecule has 4 aromatic rings. The second kappa shape index (κ2) is 7.72. The van der Waals surface area contributed by atoms with Gasteiger partial charge in [0.15, 0.2) is 11.5 Å². The second-order valence-corrected chi connectivity index (χ2v) is 9.19. The van der Waals surface area contributed by atoms with Crippen LogP contribution in [-0.4, -0.2) is 72.9 Å². The van der Waals surface area contributed by atoms with Gasteiger partial charge in [0.2, 0.25) is 0 Å². The first kappa shape index (κ1) is 20.0. The zero-order chi connectivity index (χ0) is 22.5. The molecule has 1 aromatic carbocycles. The lowest BCUT2D eigenvalue weighted by atomic mass is 9.97. The van der Waals surface area contributed by atoms with Gasteiger partial charge in [0, 0.05) is 44.7 Å². The molecular weight excluding hydrogens is 418 g/mol. The van der Waals surface area contributed by atoms with Crippen LogP contribution in [-0.2, 0) is 0 Å². The van der Waals surface area contributed by atoms with E-state index in [4.69, 9.17) is 10.1 Å². The summed E-state index contributed by atoms with van der Waals surface area (Å²) in [5, 5.41) is 20.6. The van der Waals surface area contributed by atoms with Crippen LogP contribution < -0.4 is 4.90 Å². The first-order valence-corrected chi connectivity index (χ1v) is 11.4. The third kappa shape index (κ3) is 3.65. The number of nitrogens with zero attached hydrogens (tertiary/aromatic N) is 9. The summed E-state index contributed by atoms with van der Waals surface area (Å²) in [6.45, 7) is 1.86. The van der Waals surface area contributed by atoms with Gasteiger partial charge < -0.3 is 14.9 Å². The summed E-state index contributed by atoms with van der Waals surface area (Å²) in [5.41, 5.74) is 2.31. The summed E-state index contributed by atoms with van der Waals surface area (Å²) in [4.78, 5) is 18.2. The SMILES string of the molecule is CN(C)/C=N/c1nc2c(O)cccc2c2nc([C@@H]3CCCN(c4cnn(C5CC5)c4)C3)nn12. The monoisotopic (exact) mass is 445 g/mol. The Hall–Kier alpha value is -3.69. The molecule has 4 heterocycles. The normalized spacial score (nSPS) is 19.2. The minimum absolute atomic E-state index is 0.109. The molecule has 1 N–H and O–H groups in total. The van der Waals surface area contributed by atoms with Crippen LogP contribution in [0.2, 0.25) is 0 Å². The lowest BCUT2D eigenvalue weighted by molar-refractivity contribution is 0.480. The molecule has 170 valence electrons. The number of aromatic hydroxyl groups is 1. The lowest BCUT2D eigenvalue weighted by Crippen LogP contribution is -2.34. The third-order valence-electron chi connectivity index (χ3n) is 6.35. The summed E-state index contributed by atoms with van der Waals surface area (Å²) < 4.78 is 3.79. The molecular formula is C23H27N9O. The van der Waals surface area contributed by atoms with Crippen molar-refractivity contribution in [3.05, 3.63) is 36.4 Å². The van der Waals surface area contributed by atoms with Gasteiger partial charge in [-0.15, -0.1) is 5.10 Å². The van der Waals surface area contributed by atoms with Crippen LogP contribution in [0.3, 0.4) is 0 Å². The average molecular weight is 446 g/mol. The van der Waals surface area contributed by atoms with Gasteiger partial charge in [0.1, 0.15) is 11.3 Å². The highest BCUT2D eigenvalue weighted by Crippen LogP contribution is 2.36. The van der Waals surface area contributed by atoms with Crippen molar-refractivity contribution in [2.75, 3.05) is 32.1 Å². The molecule has 1 aliphatic heterocycles. The fourth-order valence-electron chi connectivity index (χ4n) is 4.49. The van der Waals surface area contributed by atoms with Crippen molar-refractivity contribution in [3.63, 3.8) is 0 Å². The van der Waals surface area contributed by atoms with E-state index in [0.29, 0.717) is 23.2 Å². The Kier molecular flexibility index (Phi) is 4.67. The number of anilines is 1. The Morgan fingerprint density at radius 3 is 2.88 bits per heavy atom. The zero-order valence-electron chi connectivity index (χ0n) is 18.8. The van der Waals surface area contributed by atoms with Gasteiger partial charge in [-0.3, -0.25) is 4.68 Å². The quantitative estimate of drug-likeness (QED) is 0.372. The Morgan fingerprint density at radius 1 is 1.18 bits per heavy atom. The highest BCUT2D eigenvalue weighted by molar-refractivity contribution is 5.95. The number of hydrogen-bond acceptors (Lipinski definition) is 7. The molecule has 0 amide bonds. The van der Waals surface area contributed by atoms with Crippen molar-refractivity contribution in [1.82, 2.24) is 34.3 Å². The predicted octanol–water partition coefficient (Wildman–Crippen LogP) is 3.12. The van der Waals surface area contributed by atoms with Gasteiger partial charge >= 0.3 is 0 Å². The van der Waals surface area contributed by atoms with Crippen molar-refractivity contribution in [3.8, 4) is 5.75 Å². The van der Waals surface area contributed by atoms with Crippen LogP contribution in [0.15, 0.2) is 35.6 Å². The van der Waals surface area contributed by atoms with Crippen molar-refractivity contribution in [1.29, 1.82) is 0 Å².